The van der Waals surface area contributed by atoms with Crippen LogP contribution in [0.2, 0.25) is 0 Å². The first kappa shape index (κ1) is 21.1. The lowest BCUT2D eigenvalue weighted by atomic mass is 10.2. The van der Waals surface area contributed by atoms with Crippen LogP contribution >= 0.6 is 36.8 Å². The van der Waals surface area contributed by atoms with Crippen LogP contribution in [0.5, 0.6) is 0 Å². The van der Waals surface area contributed by atoms with Crippen molar-refractivity contribution in [1.29, 1.82) is 0 Å². The predicted molar refractivity (Wildman–Crippen MR) is 102 cm³/mol. The van der Waals surface area contributed by atoms with Crippen molar-refractivity contribution < 1.29 is 18.8 Å². The van der Waals surface area contributed by atoms with Crippen molar-refractivity contribution in [3.05, 3.63) is 12.7 Å². The van der Waals surface area contributed by atoms with E-state index in [4.69, 9.17) is 43.5 Å². The zero-order chi connectivity index (χ0) is 18.6. The molecule has 0 saturated heterocycles. The molecule has 4 atom stereocenters. The van der Waals surface area contributed by atoms with Crippen LogP contribution in [0.3, 0.4) is 0 Å². The zero-order valence-electron chi connectivity index (χ0n) is 12.9. The quantitative estimate of drug-likeness (QED) is 0.564. The minimum atomic E-state index is -3.01. The molecule has 8 nitrogen and oxygen atoms in total. The van der Waals surface area contributed by atoms with E-state index in [9.17, 15) is 9.50 Å². The number of aliphatic hydroxyl groups excluding tert-OH is 1. The zero-order valence-corrected chi connectivity index (χ0v) is 17.3. The van der Waals surface area contributed by atoms with Crippen LogP contribution < -0.4 is 5.09 Å². The van der Waals surface area contributed by atoms with Gasteiger partial charge in [-0.1, -0.05) is 0 Å². The van der Waals surface area contributed by atoms with E-state index in [1.54, 1.807) is 11.5 Å². The number of aliphatic hydroxyl groups is 1. The fourth-order valence-corrected chi connectivity index (χ4v) is 3.10. The van der Waals surface area contributed by atoms with Gasteiger partial charge in [-0.05, 0) is 50.6 Å². The molecule has 2 N–H and O–H groups in total. The highest BCUT2D eigenvalue weighted by molar-refractivity contribution is 8.36. The van der Waals surface area contributed by atoms with Crippen molar-refractivity contribution in [3.63, 3.8) is 0 Å². The number of nitrogens with zero attached hydrogens (tertiary/aromatic N) is 4. The van der Waals surface area contributed by atoms with E-state index in [-0.39, 0.29) is 6.61 Å². The smallest absolute Gasteiger partial charge is 0.240 e. The number of anilines is 1. The van der Waals surface area contributed by atoms with Gasteiger partial charge in [-0.2, -0.15) is 0 Å². The first-order valence-corrected chi connectivity index (χ1v) is 12.0. The third kappa shape index (κ3) is 5.65. The monoisotopic (exact) mass is 449 g/mol. The second kappa shape index (κ2) is 9.15. The molecule has 0 aliphatic carbocycles. The molecule has 0 radical (unpaired) electrons. The molecule has 0 aliphatic heterocycles. The Labute approximate surface area is 160 Å². The fraction of sp³-hybridized carbons (Fsp3) is 0.545. The van der Waals surface area contributed by atoms with E-state index in [0.717, 1.165) is 0 Å². The molecule has 2 heterocycles. The predicted octanol–water partition coefficient (Wildman–Crippen LogP) is 2.98. The number of fused-ring (bicyclic) bond motifs is 1. The van der Waals surface area contributed by atoms with E-state index in [1.165, 1.54) is 12.7 Å². The van der Waals surface area contributed by atoms with Crippen LogP contribution in [-0.4, -0.2) is 50.1 Å². The Bertz CT molecular complexity index is 766. The van der Waals surface area contributed by atoms with Crippen LogP contribution in [0.25, 0.3) is 11.2 Å². The molecule has 2 rings (SSSR count). The van der Waals surface area contributed by atoms with E-state index in [2.05, 4.69) is 29.4 Å². The Kier molecular flexibility index (Phi) is 7.73. The maximum atomic E-state index is 12.9. The lowest BCUT2D eigenvalue weighted by molar-refractivity contribution is -0.114. The normalized spacial score (nSPS) is 15.9. The Morgan fingerprint density at radius 3 is 2.80 bits per heavy atom. The Balaban J connectivity index is 2.20. The Morgan fingerprint density at radius 1 is 1.48 bits per heavy atom. The van der Waals surface area contributed by atoms with Crippen molar-refractivity contribution in [3.8, 4) is 0 Å². The number of rotatable bonds is 9. The van der Waals surface area contributed by atoms with Gasteiger partial charge in [-0.3, -0.25) is 4.57 Å². The molecule has 0 bridgehead atoms. The average Bonchev–Trinajstić information content (AvgIpc) is 3.01. The Hall–Kier alpha value is -0.180. The maximum Gasteiger partial charge on any atom is 0.240 e. The largest absolute Gasteiger partial charge is 0.388 e. The summed E-state index contributed by atoms with van der Waals surface area (Å²) in [7, 11) is 2.33. The summed E-state index contributed by atoms with van der Waals surface area (Å²) in [5, 5.41) is 12.6. The molecule has 0 aliphatic rings. The van der Waals surface area contributed by atoms with Crippen molar-refractivity contribution in [2.24, 2.45) is 0 Å². The molecule has 14 heteroatoms. The molecule has 2 aromatic rings. The van der Waals surface area contributed by atoms with Crippen LogP contribution in [0, 0.1) is 0 Å². The van der Waals surface area contributed by atoms with E-state index in [0.29, 0.717) is 17.0 Å². The number of halogens is 3. The molecule has 0 aromatic carbocycles. The summed E-state index contributed by atoms with van der Waals surface area (Å²) in [4.78, 5) is 9.44. The molecular weight excluding hydrogens is 434 g/mol. The second-order valence-electron chi connectivity index (χ2n) is 4.90. The molecule has 0 saturated carbocycles. The Morgan fingerprint density at radius 2 is 2.20 bits per heavy atom. The van der Waals surface area contributed by atoms with Gasteiger partial charge >= 0.3 is 0 Å². The van der Waals surface area contributed by atoms with Gasteiger partial charge in [0.25, 0.3) is 0 Å². The molecule has 140 valence electrons. The number of hydrogen-bond acceptors (Lipinski definition) is 8. The lowest BCUT2D eigenvalue weighted by Gasteiger charge is -2.26. The van der Waals surface area contributed by atoms with Crippen LogP contribution in [0.15, 0.2) is 12.7 Å². The highest BCUT2D eigenvalue weighted by atomic mass is 35.9. The van der Waals surface area contributed by atoms with Gasteiger partial charge in [0.2, 0.25) is 4.97 Å². The van der Waals surface area contributed by atoms with Crippen molar-refractivity contribution in [2.45, 2.75) is 25.4 Å². The summed E-state index contributed by atoms with van der Waals surface area (Å²) in [6, 6.07) is 0. The number of hydrogen-bond donors (Lipinski definition) is 2. The van der Waals surface area contributed by atoms with Gasteiger partial charge in [0.15, 0.2) is 17.0 Å². The molecule has 2 unspecified atom stereocenters. The third-order valence-electron chi connectivity index (χ3n) is 3.24. The van der Waals surface area contributed by atoms with Crippen LogP contribution in [0.1, 0.15) is 13.2 Å². The van der Waals surface area contributed by atoms with Gasteiger partial charge in [-0.15, -0.1) is 0 Å². The number of aromatic nitrogens is 4. The summed E-state index contributed by atoms with van der Waals surface area (Å²) in [5.74, 6) is 0.523. The summed E-state index contributed by atoms with van der Waals surface area (Å²) in [6.07, 6.45) is -0.226. The topological polar surface area (TPSA) is 94.3 Å². The molecule has 25 heavy (non-hydrogen) atoms. The van der Waals surface area contributed by atoms with Crippen LogP contribution in [-0.2, 0) is 21.1 Å². The highest BCUT2D eigenvalue weighted by Gasteiger charge is 2.26. The minimum Gasteiger partial charge on any atom is -0.388 e. The average molecular weight is 450 g/mol. The minimum absolute atomic E-state index is 0.250. The number of nitrogens with one attached hydrogen (secondary N) is 1. The molecule has 0 spiro atoms. The summed E-state index contributed by atoms with van der Waals surface area (Å²) in [5.41, 5.74) is 1.03. The molecule has 0 fully saturated rings. The lowest BCUT2D eigenvalue weighted by Crippen LogP contribution is -2.36. The van der Waals surface area contributed by atoms with Crippen molar-refractivity contribution in [2.75, 3.05) is 18.4 Å². The van der Waals surface area contributed by atoms with Gasteiger partial charge in [0.05, 0.1) is 12.9 Å². The van der Waals surface area contributed by atoms with Gasteiger partial charge in [0.1, 0.15) is 31.4 Å². The number of imidazole rings is 1. The van der Waals surface area contributed by atoms with E-state index in [1.807, 2.05) is 0 Å². The van der Waals surface area contributed by atoms with E-state index < -0.39 is 30.1 Å². The summed E-state index contributed by atoms with van der Waals surface area (Å²) < 4.78 is 25.3. The standard InChI is InChI=1S/C11H16Cl2FN5O3P2S/c1-6(22-8(7(20)2-14)3-21-24(12,13)25)19-5-17-9-10(18-23)15-4-16-11(9)19/h4-8,20H,2-3,23H2,1H3,(H,15,16,18)/t6-,7-,8?/m1/s1. The van der Waals surface area contributed by atoms with Gasteiger partial charge < -0.3 is 19.5 Å². The van der Waals surface area contributed by atoms with Crippen molar-refractivity contribution >= 4 is 65.6 Å². The van der Waals surface area contributed by atoms with E-state index >= 15 is 0 Å². The molecular formula is C11H16Cl2FN5O3P2S. The van der Waals surface area contributed by atoms with Gasteiger partial charge in [-0.25, -0.2) is 19.3 Å². The second-order valence-corrected chi connectivity index (χ2v) is 12.4. The number of alkyl halides is 1. The number of ether oxygens (including phenoxy) is 1. The SMILES string of the molecule is C[C@@H](OC(COP(=S)(Cl)Cl)[C@H](O)CF)n1cnc2c(NP)ncnc21. The first-order chi connectivity index (χ1) is 11.8. The molecule has 2 aromatic heterocycles. The summed E-state index contributed by atoms with van der Waals surface area (Å²) >= 11 is 16.1. The summed E-state index contributed by atoms with van der Waals surface area (Å²) in [6.45, 7) is 0.411. The highest BCUT2D eigenvalue weighted by Crippen LogP contribution is 2.58. The maximum absolute atomic E-state index is 12.9. The fourth-order valence-electron chi connectivity index (χ4n) is 2.04. The third-order valence-corrected chi connectivity index (χ3v) is 4.86. The van der Waals surface area contributed by atoms with Crippen molar-refractivity contribution in [1.82, 2.24) is 19.5 Å². The molecule has 0 amide bonds. The van der Waals surface area contributed by atoms with Gasteiger partial charge in [0, 0.05) is 0 Å². The first-order valence-electron chi connectivity index (χ1n) is 6.94. The van der Waals surface area contributed by atoms with Crippen LogP contribution in [0.4, 0.5) is 10.2 Å².